The summed E-state index contributed by atoms with van der Waals surface area (Å²) in [5.41, 5.74) is 6.49. The zero-order chi connectivity index (χ0) is 11.5. The fraction of sp³-hybridized carbons (Fsp3) is 0.500. The number of aromatic nitrogens is 1. The highest BCUT2D eigenvalue weighted by atomic mass is 16.1. The monoisotopic (exact) mass is 206 g/mol. The Balaban J connectivity index is 2.65. The van der Waals surface area contributed by atoms with E-state index in [1.807, 2.05) is 32.9 Å². The number of Topliss-reactive ketones (excluding diaryl/α,β-unsaturated/α-hetero) is 1. The minimum absolute atomic E-state index is 0.0892. The smallest absolute Gasteiger partial charge is 0.155 e. The molecule has 0 spiro atoms. The van der Waals surface area contributed by atoms with E-state index in [-0.39, 0.29) is 11.2 Å². The van der Waals surface area contributed by atoms with Crippen LogP contribution in [0.5, 0.6) is 0 Å². The third kappa shape index (κ3) is 3.44. The van der Waals surface area contributed by atoms with Crippen LogP contribution >= 0.6 is 0 Å². The maximum atomic E-state index is 11.8. The summed E-state index contributed by atoms with van der Waals surface area (Å²) in [4.78, 5) is 15.8. The Labute approximate surface area is 90.7 Å². The largest absolute Gasteiger partial charge is 0.321 e. The molecule has 0 bridgehead atoms. The van der Waals surface area contributed by atoms with Crippen molar-refractivity contribution < 1.29 is 4.79 Å². The maximum Gasteiger partial charge on any atom is 0.155 e. The van der Waals surface area contributed by atoms with E-state index < -0.39 is 6.04 Å². The van der Waals surface area contributed by atoms with Crippen molar-refractivity contribution in [3.8, 4) is 0 Å². The maximum absolute atomic E-state index is 11.8. The standard InChI is InChI=1S/C12H18N2O/c1-12(2,3)11(15)10(13)7-9-5-4-6-14-8-9/h4-6,8,10H,7,13H2,1-3H3/t10-/m0/s1. The zero-order valence-electron chi connectivity index (χ0n) is 9.53. The van der Waals surface area contributed by atoms with Crippen LogP contribution in [-0.4, -0.2) is 16.8 Å². The van der Waals surface area contributed by atoms with Gasteiger partial charge in [0.1, 0.15) is 0 Å². The molecule has 0 saturated heterocycles. The normalized spacial score (nSPS) is 13.6. The summed E-state index contributed by atoms with van der Waals surface area (Å²) in [6.45, 7) is 5.66. The lowest BCUT2D eigenvalue weighted by Gasteiger charge is -2.21. The molecule has 15 heavy (non-hydrogen) atoms. The summed E-state index contributed by atoms with van der Waals surface area (Å²) in [7, 11) is 0. The zero-order valence-corrected chi connectivity index (χ0v) is 9.53. The van der Waals surface area contributed by atoms with Crippen LogP contribution in [0.1, 0.15) is 26.3 Å². The molecule has 1 aromatic rings. The van der Waals surface area contributed by atoms with Gasteiger partial charge in [-0.3, -0.25) is 9.78 Å². The first-order chi connectivity index (χ1) is 6.91. The van der Waals surface area contributed by atoms with Gasteiger partial charge in [-0.15, -0.1) is 0 Å². The highest BCUT2D eigenvalue weighted by Crippen LogP contribution is 2.17. The Bertz CT molecular complexity index is 327. The molecule has 1 aromatic heterocycles. The Hall–Kier alpha value is -1.22. The number of rotatable bonds is 3. The fourth-order valence-electron chi connectivity index (χ4n) is 1.42. The quantitative estimate of drug-likeness (QED) is 0.816. The first-order valence-electron chi connectivity index (χ1n) is 5.10. The number of ketones is 1. The van der Waals surface area contributed by atoms with Crippen LogP contribution in [0.25, 0.3) is 0 Å². The number of hydrogen-bond donors (Lipinski definition) is 1. The predicted molar refractivity (Wildman–Crippen MR) is 60.4 cm³/mol. The van der Waals surface area contributed by atoms with Gasteiger partial charge in [0, 0.05) is 17.8 Å². The summed E-state index contributed by atoms with van der Waals surface area (Å²) in [6.07, 6.45) is 4.01. The molecule has 0 unspecified atom stereocenters. The molecule has 1 rings (SSSR count). The molecule has 0 aliphatic carbocycles. The van der Waals surface area contributed by atoms with Gasteiger partial charge in [-0.05, 0) is 18.1 Å². The highest BCUT2D eigenvalue weighted by molar-refractivity contribution is 5.88. The average molecular weight is 206 g/mol. The van der Waals surface area contributed by atoms with Crippen molar-refractivity contribution in [1.29, 1.82) is 0 Å². The van der Waals surface area contributed by atoms with E-state index in [0.717, 1.165) is 5.56 Å². The van der Waals surface area contributed by atoms with Gasteiger partial charge in [0.05, 0.1) is 6.04 Å². The molecule has 0 radical (unpaired) electrons. The second kappa shape index (κ2) is 4.53. The number of nitrogens with zero attached hydrogens (tertiary/aromatic N) is 1. The second-order valence-electron chi connectivity index (χ2n) is 4.79. The lowest BCUT2D eigenvalue weighted by molar-refractivity contribution is -0.127. The van der Waals surface area contributed by atoms with Crippen molar-refractivity contribution in [3.05, 3.63) is 30.1 Å². The van der Waals surface area contributed by atoms with Crippen LogP contribution in [0.2, 0.25) is 0 Å². The van der Waals surface area contributed by atoms with E-state index >= 15 is 0 Å². The molecule has 0 saturated carbocycles. The van der Waals surface area contributed by atoms with Gasteiger partial charge in [0.2, 0.25) is 0 Å². The third-order valence-corrected chi connectivity index (χ3v) is 2.25. The fourth-order valence-corrected chi connectivity index (χ4v) is 1.42. The summed E-state index contributed by atoms with van der Waals surface area (Å²) >= 11 is 0. The van der Waals surface area contributed by atoms with Gasteiger partial charge in [-0.25, -0.2) is 0 Å². The molecule has 1 heterocycles. The number of hydrogen-bond acceptors (Lipinski definition) is 3. The molecule has 0 aromatic carbocycles. The van der Waals surface area contributed by atoms with Crippen molar-refractivity contribution in [2.75, 3.05) is 0 Å². The van der Waals surface area contributed by atoms with Gasteiger partial charge in [0.25, 0.3) is 0 Å². The summed E-state index contributed by atoms with van der Waals surface area (Å²) < 4.78 is 0. The first-order valence-corrected chi connectivity index (χ1v) is 5.10. The van der Waals surface area contributed by atoms with E-state index in [0.29, 0.717) is 6.42 Å². The molecule has 1 atom stereocenters. The lowest BCUT2D eigenvalue weighted by atomic mass is 9.85. The Morgan fingerprint density at radius 2 is 2.20 bits per heavy atom. The van der Waals surface area contributed by atoms with Crippen LogP contribution in [0.4, 0.5) is 0 Å². The molecule has 0 amide bonds. The van der Waals surface area contributed by atoms with Crippen molar-refractivity contribution in [1.82, 2.24) is 4.98 Å². The third-order valence-electron chi connectivity index (χ3n) is 2.25. The second-order valence-corrected chi connectivity index (χ2v) is 4.79. The number of pyridine rings is 1. The molecule has 0 fully saturated rings. The molecular weight excluding hydrogens is 188 g/mol. The van der Waals surface area contributed by atoms with Crippen molar-refractivity contribution in [2.24, 2.45) is 11.1 Å². The molecule has 82 valence electrons. The van der Waals surface area contributed by atoms with E-state index in [4.69, 9.17) is 5.73 Å². The van der Waals surface area contributed by atoms with E-state index in [1.54, 1.807) is 12.4 Å². The van der Waals surface area contributed by atoms with Crippen LogP contribution in [-0.2, 0) is 11.2 Å². The summed E-state index contributed by atoms with van der Waals surface area (Å²) in [5, 5.41) is 0. The Morgan fingerprint density at radius 1 is 1.53 bits per heavy atom. The number of nitrogens with two attached hydrogens (primary N) is 1. The Morgan fingerprint density at radius 3 is 2.67 bits per heavy atom. The van der Waals surface area contributed by atoms with E-state index in [9.17, 15) is 4.79 Å². The SMILES string of the molecule is CC(C)(C)C(=O)[C@@H](N)Cc1cccnc1. The van der Waals surface area contributed by atoms with Crippen molar-refractivity contribution >= 4 is 5.78 Å². The average Bonchev–Trinajstić information content (AvgIpc) is 2.16. The molecule has 3 nitrogen and oxygen atoms in total. The lowest BCUT2D eigenvalue weighted by Crippen LogP contribution is -2.40. The van der Waals surface area contributed by atoms with Crippen LogP contribution in [0, 0.1) is 5.41 Å². The van der Waals surface area contributed by atoms with Gasteiger partial charge in [0.15, 0.2) is 5.78 Å². The van der Waals surface area contributed by atoms with Crippen LogP contribution < -0.4 is 5.73 Å². The molecule has 3 heteroatoms. The minimum Gasteiger partial charge on any atom is -0.321 e. The number of carbonyl (C=O) groups is 1. The topological polar surface area (TPSA) is 56.0 Å². The van der Waals surface area contributed by atoms with Crippen molar-refractivity contribution in [2.45, 2.75) is 33.2 Å². The van der Waals surface area contributed by atoms with Gasteiger partial charge >= 0.3 is 0 Å². The van der Waals surface area contributed by atoms with Crippen LogP contribution in [0.15, 0.2) is 24.5 Å². The predicted octanol–water partition coefficient (Wildman–Crippen LogP) is 1.57. The van der Waals surface area contributed by atoms with Crippen molar-refractivity contribution in [3.63, 3.8) is 0 Å². The molecule has 2 N–H and O–H groups in total. The van der Waals surface area contributed by atoms with Gasteiger partial charge < -0.3 is 5.73 Å². The first kappa shape index (κ1) is 11.9. The van der Waals surface area contributed by atoms with Gasteiger partial charge in [-0.1, -0.05) is 26.8 Å². The molecule has 0 aliphatic rings. The van der Waals surface area contributed by atoms with E-state index in [2.05, 4.69) is 4.98 Å². The summed E-state index contributed by atoms with van der Waals surface area (Å²) in [6, 6.07) is 3.35. The number of carbonyl (C=O) groups excluding carboxylic acids is 1. The molecule has 0 aliphatic heterocycles. The van der Waals surface area contributed by atoms with E-state index in [1.165, 1.54) is 0 Å². The summed E-state index contributed by atoms with van der Waals surface area (Å²) in [5.74, 6) is 0.0892. The van der Waals surface area contributed by atoms with Crippen LogP contribution in [0.3, 0.4) is 0 Å². The van der Waals surface area contributed by atoms with Gasteiger partial charge in [-0.2, -0.15) is 0 Å². The highest BCUT2D eigenvalue weighted by Gasteiger charge is 2.26. The molecular formula is C12H18N2O. The minimum atomic E-state index is -0.436. The Kier molecular flexibility index (Phi) is 3.58.